The van der Waals surface area contributed by atoms with Crippen LogP contribution in [0.15, 0.2) is 6.20 Å². The van der Waals surface area contributed by atoms with Crippen molar-refractivity contribution in [3.05, 3.63) is 11.9 Å². The van der Waals surface area contributed by atoms with E-state index >= 15 is 0 Å². The molecule has 3 N–H and O–H groups in total. The van der Waals surface area contributed by atoms with Gasteiger partial charge in [-0.2, -0.15) is 5.10 Å². The highest BCUT2D eigenvalue weighted by atomic mass is 16.5. The van der Waals surface area contributed by atoms with Crippen LogP contribution in [-0.4, -0.2) is 42.4 Å². The Morgan fingerprint density at radius 1 is 1.67 bits per heavy atom. The smallest absolute Gasteiger partial charge is 0.161 e. The van der Waals surface area contributed by atoms with Crippen molar-refractivity contribution in [3.8, 4) is 5.75 Å². The maximum absolute atomic E-state index is 5.53. The van der Waals surface area contributed by atoms with E-state index < -0.39 is 0 Å². The number of hydrogen-bond acceptors (Lipinski definition) is 5. The van der Waals surface area contributed by atoms with E-state index in [-0.39, 0.29) is 6.04 Å². The van der Waals surface area contributed by atoms with E-state index in [1.807, 2.05) is 21.1 Å². The summed E-state index contributed by atoms with van der Waals surface area (Å²) in [6.07, 6.45) is 1.69. The molecule has 0 aliphatic rings. The van der Waals surface area contributed by atoms with Crippen LogP contribution < -0.4 is 16.0 Å². The number of nitrogens with zero attached hydrogens (tertiary/aromatic N) is 3. The standard InChI is InChI=1S/C9H19N5O/c1-13(2)6-7(12-10)9-8(15-4)5-11-14(9)3/h5,7,12H,6,10H2,1-4H3. The Kier molecular flexibility index (Phi) is 4.07. The average Bonchev–Trinajstić information content (AvgIpc) is 2.56. The van der Waals surface area contributed by atoms with Gasteiger partial charge < -0.3 is 9.64 Å². The number of nitrogens with two attached hydrogens (primary N) is 1. The maximum Gasteiger partial charge on any atom is 0.161 e. The Balaban J connectivity index is 2.94. The van der Waals surface area contributed by atoms with E-state index in [1.165, 1.54) is 0 Å². The quantitative estimate of drug-likeness (QED) is 0.509. The van der Waals surface area contributed by atoms with Gasteiger partial charge in [0.05, 0.1) is 25.0 Å². The first kappa shape index (κ1) is 12.0. The Hall–Kier alpha value is -1.11. The van der Waals surface area contributed by atoms with Crippen LogP contribution in [-0.2, 0) is 7.05 Å². The van der Waals surface area contributed by atoms with Crippen molar-refractivity contribution < 1.29 is 4.74 Å². The first-order valence-corrected chi connectivity index (χ1v) is 4.76. The Labute approximate surface area is 90.0 Å². The van der Waals surface area contributed by atoms with E-state index in [2.05, 4.69) is 15.4 Å². The summed E-state index contributed by atoms with van der Waals surface area (Å²) in [5.74, 6) is 6.28. The van der Waals surface area contributed by atoms with Gasteiger partial charge in [-0.1, -0.05) is 0 Å². The number of ether oxygens (including phenoxy) is 1. The molecule has 15 heavy (non-hydrogen) atoms. The fraction of sp³-hybridized carbons (Fsp3) is 0.667. The molecule has 0 aliphatic heterocycles. The molecule has 0 bridgehead atoms. The molecule has 0 saturated carbocycles. The van der Waals surface area contributed by atoms with Gasteiger partial charge in [-0.25, -0.2) is 5.43 Å². The van der Waals surface area contributed by atoms with Gasteiger partial charge in [0.25, 0.3) is 0 Å². The second-order valence-electron chi connectivity index (χ2n) is 3.70. The lowest BCUT2D eigenvalue weighted by atomic mass is 10.2. The van der Waals surface area contributed by atoms with Crippen molar-refractivity contribution in [2.24, 2.45) is 12.9 Å². The van der Waals surface area contributed by atoms with Gasteiger partial charge >= 0.3 is 0 Å². The molecular formula is C9H19N5O. The number of aromatic nitrogens is 2. The van der Waals surface area contributed by atoms with Crippen LogP contribution >= 0.6 is 0 Å². The zero-order valence-corrected chi connectivity index (χ0v) is 9.69. The number of nitrogens with one attached hydrogen (secondary N) is 1. The summed E-state index contributed by atoms with van der Waals surface area (Å²) in [4.78, 5) is 2.05. The van der Waals surface area contributed by atoms with E-state index in [1.54, 1.807) is 18.0 Å². The monoisotopic (exact) mass is 213 g/mol. The summed E-state index contributed by atoms with van der Waals surface area (Å²) in [6.45, 7) is 0.784. The van der Waals surface area contributed by atoms with Crippen LogP contribution in [0.3, 0.4) is 0 Å². The molecule has 0 aliphatic carbocycles. The number of hydrazine groups is 1. The van der Waals surface area contributed by atoms with E-state index in [0.29, 0.717) is 0 Å². The second kappa shape index (κ2) is 5.11. The highest BCUT2D eigenvalue weighted by molar-refractivity contribution is 5.28. The zero-order valence-electron chi connectivity index (χ0n) is 9.69. The van der Waals surface area contributed by atoms with Crippen LogP contribution in [0.1, 0.15) is 11.7 Å². The molecule has 0 amide bonds. The first-order valence-electron chi connectivity index (χ1n) is 4.76. The number of aryl methyl sites for hydroxylation is 1. The summed E-state index contributed by atoms with van der Waals surface area (Å²) in [6, 6.07) is 0.00227. The molecule has 1 atom stereocenters. The molecule has 0 spiro atoms. The van der Waals surface area contributed by atoms with E-state index in [9.17, 15) is 0 Å². The maximum atomic E-state index is 5.53. The van der Waals surface area contributed by atoms with Crippen molar-refractivity contribution in [3.63, 3.8) is 0 Å². The van der Waals surface area contributed by atoms with Crippen LogP contribution in [0.2, 0.25) is 0 Å². The number of hydrogen-bond donors (Lipinski definition) is 2. The van der Waals surface area contributed by atoms with Crippen molar-refractivity contribution in [1.82, 2.24) is 20.1 Å². The van der Waals surface area contributed by atoms with Gasteiger partial charge in [-0.15, -0.1) is 0 Å². The van der Waals surface area contributed by atoms with Gasteiger partial charge in [-0.05, 0) is 14.1 Å². The minimum Gasteiger partial charge on any atom is -0.493 e. The van der Waals surface area contributed by atoms with E-state index in [4.69, 9.17) is 10.6 Å². The summed E-state index contributed by atoms with van der Waals surface area (Å²) in [5, 5.41) is 4.14. The first-order chi connectivity index (χ1) is 7.10. The zero-order chi connectivity index (χ0) is 11.4. The van der Waals surface area contributed by atoms with Crippen molar-refractivity contribution >= 4 is 0 Å². The summed E-state index contributed by atoms with van der Waals surface area (Å²) in [7, 11) is 7.49. The molecule has 1 heterocycles. The number of methoxy groups -OCH3 is 1. The molecule has 0 aromatic carbocycles. The summed E-state index contributed by atoms with van der Waals surface area (Å²) in [5.41, 5.74) is 3.72. The lowest BCUT2D eigenvalue weighted by molar-refractivity contribution is 0.324. The topological polar surface area (TPSA) is 68.3 Å². The second-order valence-corrected chi connectivity index (χ2v) is 3.70. The van der Waals surface area contributed by atoms with Gasteiger partial charge in [0, 0.05) is 13.6 Å². The highest BCUT2D eigenvalue weighted by Gasteiger charge is 2.19. The third kappa shape index (κ3) is 2.68. The lowest BCUT2D eigenvalue weighted by Gasteiger charge is -2.21. The van der Waals surface area contributed by atoms with Gasteiger partial charge in [0.2, 0.25) is 0 Å². The van der Waals surface area contributed by atoms with E-state index in [0.717, 1.165) is 18.0 Å². The summed E-state index contributed by atoms with van der Waals surface area (Å²) >= 11 is 0. The van der Waals surface area contributed by atoms with Gasteiger partial charge in [0.1, 0.15) is 0 Å². The van der Waals surface area contributed by atoms with Gasteiger partial charge in [-0.3, -0.25) is 10.5 Å². The lowest BCUT2D eigenvalue weighted by Crippen LogP contribution is -2.36. The van der Waals surface area contributed by atoms with Crippen molar-refractivity contribution in [2.45, 2.75) is 6.04 Å². The minimum absolute atomic E-state index is 0.00227. The molecule has 0 fully saturated rings. The number of rotatable bonds is 5. The molecule has 1 unspecified atom stereocenters. The largest absolute Gasteiger partial charge is 0.493 e. The molecular weight excluding hydrogens is 194 g/mol. The summed E-state index contributed by atoms with van der Waals surface area (Å²) < 4.78 is 7.00. The third-order valence-corrected chi connectivity index (χ3v) is 2.25. The van der Waals surface area contributed by atoms with Gasteiger partial charge in [0.15, 0.2) is 5.75 Å². The van der Waals surface area contributed by atoms with Crippen LogP contribution in [0.25, 0.3) is 0 Å². The fourth-order valence-corrected chi connectivity index (χ4v) is 1.56. The average molecular weight is 213 g/mol. The SMILES string of the molecule is COc1cnn(C)c1C(CN(C)C)NN. The van der Waals surface area contributed by atoms with Crippen molar-refractivity contribution in [2.75, 3.05) is 27.7 Å². The normalized spacial score (nSPS) is 13.2. The molecule has 0 radical (unpaired) electrons. The number of likely N-dealkylation sites (N-methyl/N-ethyl adjacent to an activating group) is 1. The predicted molar refractivity (Wildman–Crippen MR) is 58.4 cm³/mol. The highest BCUT2D eigenvalue weighted by Crippen LogP contribution is 2.23. The molecule has 6 nitrogen and oxygen atoms in total. The molecule has 6 heteroatoms. The molecule has 1 aromatic heterocycles. The molecule has 1 rings (SSSR count). The third-order valence-electron chi connectivity index (χ3n) is 2.25. The molecule has 0 saturated heterocycles. The predicted octanol–water partition coefficient (Wildman–Crippen LogP) is -0.505. The Bertz CT molecular complexity index is 309. The molecule has 86 valence electrons. The Morgan fingerprint density at radius 2 is 2.33 bits per heavy atom. The van der Waals surface area contributed by atoms with Crippen LogP contribution in [0, 0.1) is 0 Å². The Morgan fingerprint density at radius 3 is 2.80 bits per heavy atom. The van der Waals surface area contributed by atoms with Crippen LogP contribution in [0.5, 0.6) is 5.75 Å². The molecule has 1 aromatic rings. The van der Waals surface area contributed by atoms with Crippen molar-refractivity contribution in [1.29, 1.82) is 0 Å². The fourth-order valence-electron chi connectivity index (χ4n) is 1.56. The van der Waals surface area contributed by atoms with Crippen LogP contribution in [0.4, 0.5) is 0 Å². The minimum atomic E-state index is 0.00227.